The summed E-state index contributed by atoms with van der Waals surface area (Å²) in [4.78, 5) is 1.89. The van der Waals surface area contributed by atoms with Gasteiger partial charge in [-0.3, -0.25) is 0 Å². The zero-order valence-electron chi connectivity index (χ0n) is 10.3. The predicted octanol–water partition coefficient (Wildman–Crippen LogP) is 2.25. The van der Waals surface area contributed by atoms with Crippen LogP contribution in [0, 0.1) is 0 Å². The molecule has 0 saturated carbocycles. The van der Waals surface area contributed by atoms with Gasteiger partial charge in [0.05, 0.1) is 0 Å². The van der Waals surface area contributed by atoms with Crippen molar-refractivity contribution in [2.75, 3.05) is 13.6 Å². The minimum Gasteiger partial charge on any atom is -0.432 e. The van der Waals surface area contributed by atoms with Crippen LogP contribution in [0.1, 0.15) is 30.5 Å². The molecule has 0 aliphatic heterocycles. The van der Waals surface area contributed by atoms with E-state index < -0.39 is 0 Å². The number of fused-ring (bicyclic) bond motifs is 1. The van der Waals surface area contributed by atoms with Crippen molar-refractivity contribution in [2.24, 2.45) is 5.73 Å². The van der Waals surface area contributed by atoms with Gasteiger partial charge in [-0.15, -0.1) is 0 Å². The van der Waals surface area contributed by atoms with E-state index >= 15 is 0 Å². The lowest BCUT2D eigenvalue weighted by atomic mass is 10.1. The van der Waals surface area contributed by atoms with Gasteiger partial charge in [-0.1, -0.05) is 6.07 Å². The highest BCUT2D eigenvalue weighted by Crippen LogP contribution is 2.32. The Hall–Kier alpha value is -1.13. The molecule has 0 radical (unpaired) electrons. The lowest BCUT2D eigenvalue weighted by molar-refractivity contribution is 0.415. The smallest absolute Gasteiger partial charge is 0.264 e. The number of hydrogen-bond donors (Lipinski definition) is 1. The first kappa shape index (κ1) is 12.3. The maximum atomic E-state index is 6.03. The van der Waals surface area contributed by atoms with Crippen molar-refractivity contribution in [1.29, 1.82) is 0 Å². The van der Waals surface area contributed by atoms with Crippen LogP contribution in [0.3, 0.4) is 0 Å². The Morgan fingerprint density at radius 3 is 3.06 bits per heavy atom. The summed E-state index contributed by atoms with van der Waals surface area (Å²) in [5.41, 5.74) is 8.56. The summed E-state index contributed by atoms with van der Waals surface area (Å²) in [5.74, 6) is 0.784. The van der Waals surface area contributed by atoms with E-state index in [-0.39, 0.29) is 6.04 Å². The van der Waals surface area contributed by atoms with Gasteiger partial charge in [0.1, 0.15) is 5.75 Å². The maximum Gasteiger partial charge on any atom is 0.264 e. The molecule has 1 aliphatic carbocycles. The summed E-state index contributed by atoms with van der Waals surface area (Å²) in [7, 11) is 1.92. The van der Waals surface area contributed by atoms with Gasteiger partial charge in [0.2, 0.25) is 0 Å². The van der Waals surface area contributed by atoms with Crippen LogP contribution in [0.15, 0.2) is 18.2 Å². The van der Waals surface area contributed by atoms with Crippen molar-refractivity contribution in [2.45, 2.75) is 25.8 Å². The molecule has 4 heteroatoms. The number of benzene rings is 1. The molecule has 1 unspecified atom stereocenters. The summed E-state index contributed by atoms with van der Waals surface area (Å²) >= 11 is 5.19. The fourth-order valence-corrected chi connectivity index (χ4v) is 2.21. The Kier molecular flexibility index (Phi) is 3.64. The minimum atomic E-state index is 0.144. The number of ether oxygens (including phenoxy) is 1. The molecule has 0 aromatic heterocycles. The molecule has 1 aromatic carbocycles. The normalized spacial score (nSPS) is 17.7. The van der Waals surface area contributed by atoms with E-state index in [0.29, 0.717) is 5.17 Å². The van der Waals surface area contributed by atoms with Crippen molar-refractivity contribution < 1.29 is 4.74 Å². The van der Waals surface area contributed by atoms with Gasteiger partial charge in [-0.25, -0.2) is 0 Å². The molecule has 17 heavy (non-hydrogen) atoms. The molecule has 0 saturated heterocycles. The van der Waals surface area contributed by atoms with Gasteiger partial charge in [0.25, 0.3) is 5.17 Å². The van der Waals surface area contributed by atoms with Crippen molar-refractivity contribution in [3.63, 3.8) is 0 Å². The number of nitrogens with zero attached hydrogens (tertiary/aromatic N) is 1. The third kappa shape index (κ3) is 2.58. The lowest BCUT2D eigenvalue weighted by Gasteiger charge is -2.18. The summed E-state index contributed by atoms with van der Waals surface area (Å²) < 4.78 is 5.64. The fourth-order valence-electron chi connectivity index (χ4n) is 1.98. The van der Waals surface area contributed by atoms with Crippen LogP contribution in [0.5, 0.6) is 5.75 Å². The molecule has 0 amide bonds. The first-order valence-electron chi connectivity index (χ1n) is 5.93. The Morgan fingerprint density at radius 2 is 2.35 bits per heavy atom. The van der Waals surface area contributed by atoms with Gasteiger partial charge in [0.15, 0.2) is 0 Å². The lowest BCUT2D eigenvalue weighted by Crippen LogP contribution is -2.29. The monoisotopic (exact) mass is 250 g/mol. The van der Waals surface area contributed by atoms with Crippen LogP contribution in [-0.2, 0) is 6.42 Å². The number of thiocarbonyl (C=S) groups is 1. The van der Waals surface area contributed by atoms with Crippen LogP contribution in [-0.4, -0.2) is 23.7 Å². The summed E-state index contributed by atoms with van der Waals surface area (Å²) in [5, 5.41) is 0.499. The van der Waals surface area contributed by atoms with E-state index in [4.69, 9.17) is 22.7 Å². The number of rotatable bonds is 2. The number of nitrogens with two attached hydrogens (primary N) is 1. The molecule has 1 aliphatic rings. The zero-order chi connectivity index (χ0) is 12.4. The van der Waals surface area contributed by atoms with Crippen molar-refractivity contribution in [3.05, 3.63) is 29.3 Å². The van der Waals surface area contributed by atoms with E-state index in [0.717, 1.165) is 25.1 Å². The maximum absolute atomic E-state index is 6.03. The van der Waals surface area contributed by atoms with Crippen LogP contribution < -0.4 is 10.5 Å². The highest BCUT2D eigenvalue weighted by molar-refractivity contribution is 7.80. The second-order valence-electron chi connectivity index (χ2n) is 4.39. The first-order valence-corrected chi connectivity index (χ1v) is 6.34. The van der Waals surface area contributed by atoms with E-state index in [2.05, 4.69) is 6.07 Å². The number of hydrogen-bond acceptors (Lipinski definition) is 3. The van der Waals surface area contributed by atoms with Gasteiger partial charge >= 0.3 is 0 Å². The van der Waals surface area contributed by atoms with Gasteiger partial charge in [-0.05, 0) is 55.2 Å². The second-order valence-corrected chi connectivity index (χ2v) is 4.74. The Morgan fingerprint density at radius 1 is 1.59 bits per heavy atom. The molecule has 2 rings (SSSR count). The Bertz CT molecular complexity index is 433. The Labute approximate surface area is 108 Å². The predicted molar refractivity (Wildman–Crippen MR) is 73.2 cm³/mol. The van der Waals surface area contributed by atoms with Gasteiger partial charge in [-0.2, -0.15) is 0 Å². The molecule has 3 nitrogen and oxygen atoms in total. The van der Waals surface area contributed by atoms with Gasteiger partial charge in [0, 0.05) is 19.6 Å². The number of aryl methyl sites for hydroxylation is 1. The average Bonchev–Trinajstić information content (AvgIpc) is 2.70. The molecule has 92 valence electrons. The van der Waals surface area contributed by atoms with E-state index in [9.17, 15) is 0 Å². The van der Waals surface area contributed by atoms with Crippen LogP contribution in [0.25, 0.3) is 0 Å². The van der Waals surface area contributed by atoms with Crippen LogP contribution in [0.2, 0.25) is 0 Å². The average molecular weight is 250 g/mol. The Balaban J connectivity index is 2.13. The fraction of sp³-hybridized carbons (Fsp3) is 0.462. The molecule has 0 bridgehead atoms. The molecular formula is C13H18N2OS. The van der Waals surface area contributed by atoms with Crippen molar-refractivity contribution in [3.8, 4) is 5.75 Å². The van der Waals surface area contributed by atoms with E-state index in [1.54, 1.807) is 0 Å². The van der Waals surface area contributed by atoms with Crippen molar-refractivity contribution >= 4 is 17.4 Å². The zero-order valence-corrected chi connectivity index (χ0v) is 11.1. The molecule has 0 fully saturated rings. The molecule has 0 heterocycles. The highest BCUT2D eigenvalue weighted by atomic mass is 32.1. The van der Waals surface area contributed by atoms with Gasteiger partial charge < -0.3 is 15.4 Å². The third-order valence-electron chi connectivity index (χ3n) is 3.23. The minimum absolute atomic E-state index is 0.144. The molecular weight excluding hydrogens is 232 g/mol. The standard InChI is InChI=1S/C13H18N2OS/c1-3-15(2)13(17)16-10-6-4-9-5-7-12(14)11(9)8-10/h4,6,8,12H,3,5,7,14H2,1-2H3. The molecule has 1 aromatic rings. The summed E-state index contributed by atoms with van der Waals surface area (Å²) in [6.07, 6.45) is 2.09. The van der Waals surface area contributed by atoms with E-state index in [1.807, 2.05) is 31.0 Å². The molecule has 0 spiro atoms. The quantitative estimate of drug-likeness (QED) is 0.817. The topological polar surface area (TPSA) is 38.5 Å². The second kappa shape index (κ2) is 5.02. The summed E-state index contributed by atoms with van der Waals surface area (Å²) in [6, 6.07) is 6.22. The van der Waals surface area contributed by atoms with Crippen molar-refractivity contribution in [1.82, 2.24) is 4.90 Å². The highest BCUT2D eigenvalue weighted by Gasteiger charge is 2.19. The largest absolute Gasteiger partial charge is 0.432 e. The van der Waals surface area contributed by atoms with Crippen LogP contribution in [0.4, 0.5) is 0 Å². The third-order valence-corrected chi connectivity index (χ3v) is 3.63. The molecule has 1 atom stereocenters. The SMILES string of the molecule is CCN(C)C(=S)Oc1ccc2c(c1)C(N)CC2. The van der Waals surface area contributed by atoms with E-state index in [1.165, 1.54) is 11.1 Å². The summed E-state index contributed by atoms with van der Waals surface area (Å²) in [6.45, 7) is 2.87. The van der Waals surface area contributed by atoms with Crippen LogP contribution >= 0.6 is 12.2 Å². The first-order chi connectivity index (χ1) is 8.11. The molecule has 2 N–H and O–H groups in total.